The van der Waals surface area contributed by atoms with Crippen molar-refractivity contribution in [2.45, 2.75) is 25.4 Å². The van der Waals surface area contributed by atoms with E-state index in [1.807, 2.05) is 41.9 Å². The summed E-state index contributed by atoms with van der Waals surface area (Å²) in [6.45, 7) is 8.70. The lowest BCUT2D eigenvalue weighted by Crippen LogP contribution is -2.47. The number of nitrogens with zero attached hydrogens (tertiary/aromatic N) is 4. The molecule has 2 fully saturated rings. The molecule has 0 aliphatic carbocycles. The maximum absolute atomic E-state index is 15.3. The minimum absolute atomic E-state index is 0.396. The standard InChI is InChI=1S/C25H32FN5O/c1-2-32-19-29-12-14-30(15-13-29)23-8-11-28-31-17-21(16-24(23)31)20-4-6-22(7-5-20)25(26)9-3-10-27-18-25/h4-8,11,16-17,27H,2-3,9-10,12-15,18-19H2,1H3/t25-/m0/s1. The molecule has 1 N–H and O–H groups in total. The molecule has 7 heteroatoms. The summed E-state index contributed by atoms with van der Waals surface area (Å²) < 4.78 is 22.8. The number of ether oxygens (including phenoxy) is 1. The molecule has 1 atom stereocenters. The van der Waals surface area contributed by atoms with Gasteiger partial charge in [0, 0.05) is 57.3 Å². The van der Waals surface area contributed by atoms with Crippen LogP contribution >= 0.6 is 0 Å². The van der Waals surface area contributed by atoms with Crippen LogP contribution in [0.25, 0.3) is 16.6 Å². The van der Waals surface area contributed by atoms with E-state index in [1.165, 1.54) is 5.69 Å². The van der Waals surface area contributed by atoms with Crippen LogP contribution in [0.15, 0.2) is 48.8 Å². The topological polar surface area (TPSA) is 45.0 Å². The van der Waals surface area contributed by atoms with Gasteiger partial charge in [-0.2, -0.15) is 5.10 Å². The number of alkyl halides is 1. The molecule has 5 rings (SSSR count). The molecule has 2 saturated heterocycles. The summed E-state index contributed by atoms with van der Waals surface area (Å²) in [5, 5.41) is 7.72. The Labute approximate surface area is 189 Å². The van der Waals surface area contributed by atoms with Gasteiger partial charge in [-0.3, -0.25) is 4.90 Å². The first-order chi connectivity index (χ1) is 15.7. The zero-order valence-electron chi connectivity index (χ0n) is 18.8. The number of fused-ring (bicyclic) bond motifs is 1. The number of benzene rings is 1. The molecule has 0 spiro atoms. The predicted octanol–water partition coefficient (Wildman–Crippen LogP) is 3.67. The Morgan fingerprint density at radius 1 is 1.09 bits per heavy atom. The van der Waals surface area contributed by atoms with Crippen LogP contribution in [0, 0.1) is 0 Å². The molecule has 2 aliphatic rings. The first-order valence-corrected chi connectivity index (χ1v) is 11.7. The number of hydrogen-bond donors (Lipinski definition) is 1. The van der Waals surface area contributed by atoms with E-state index in [9.17, 15) is 0 Å². The van der Waals surface area contributed by atoms with Crippen molar-refractivity contribution in [2.75, 3.05) is 57.5 Å². The van der Waals surface area contributed by atoms with Crippen molar-refractivity contribution in [3.8, 4) is 11.1 Å². The normalized spacial score (nSPS) is 22.5. The van der Waals surface area contributed by atoms with Crippen LogP contribution in [0.5, 0.6) is 0 Å². The minimum atomic E-state index is -1.26. The maximum atomic E-state index is 15.3. The lowest BCUT2D eigenvalue weighted by atomic mass is 9.87. The predicted molar refractivity (Wildman–Crippen MR) is 126 cm³/mol. The smallest absolute Gasteiger partial charge is 0.148 e. The third-order valence-electron chi connectivity index (χ3n) is 6.74. The lowest BCUT2D eigenvalue weighted by Gasteiger charge is -2.35. The summed E-state index contributed by atoms with van der Waals surface area (Å²) in [6, 6.07) is 12.2. The van der Waals surface area contributed by atoms with Crippen LogP contribution < -0.4 is 10.2 Å². The van der Waals surface area contributed by atoms with Gasteiger partial charge >= 0.3 is 0 Å². The van der Waals surface area contributed by atoms with Gasteiger partial charge in [0.2, 0.25) is 0 Å². The molecule has 4 heterocycles. The number of nitrogens with one attached hydrogen (secondary N) is 1. The first kappa shape index (κ1) is 21.4. The second kappa shape index (κ2) is 9.17. The monoisotopic (exact) mass is 437 g/mol. The molecule has 0 radical (unpaired) electrons. The molecule has 170 valence electrons. The van der Waals surface area contributed by atoms with Gasteiger partial charge in [0.15, 0.2) is 0 Å². The zero-order chi connectivity index (χ0) is 22.0. The van der Waals surface area contributed by atoms with Crippen LogP contribution in [0.3, 0.4) is 0 Å². The number of piperidine rings is 1. The molecule has 2 aromatic heterocycles. The first-order valence-electron chi connectivity index (χ1n) is 11.7. The molecular weight excluding hydrogens is 405 g/mol. The van der Waals surface area contributed by atoms with Gasteiger partial charge in [0.05, 0.1) is 17.9 Å². The van der Waals surface area contributed by atoms with E-state index < -0.39 is 5.67 Å². The van der Waals surface area contributed by atoms with Gasteiger partial charge < -0.3 is 15.0 Å². The number of halogens is 1. The molecule has 1 aromatic carbocycles. The SMILES string of the molecule is CCOCN1CCN(c2ccnn3cc(-c4ccc([C@]5(F)CCCNC5)cc4)cc23)CC1. The minimum Gasteiger partial charge on any atom is -0.367 e. The average molecular weight is 438 g/mol. The summed E-state index contributed by atoms with van der Waals surface area (Å²) in [5.74, 6) is 0. The van der Waals surface area contributed by atoms with Gasteiger partial charge in [-0.1, -0.05) is 24.3 Å². The third kappa shape index (κ3) is 4.25. The van der Waals surface area contributed by atoms with E-state index in [-0.39, 0.29) is 0 Å². The second-order valence-corrected chi connectivity index (χ2v) is 8.83. The van der Waals surface area contributed by atoms with Gasteiger partial charge in [0.1, 0.15) is 5.67 Å². The quantitative estimate of drug-likeness (QED) is 0.638. The number of aromatic nitrogens is 2. The van der Waals surface area contributed by atoms with E-state index in [4.69, 9.17) is 4.74 Å². The van der Waals surface area contributed by atoms with Crippen LogP contribution in [0.2, 0.25) is 0 Å². The summed E-state index contributed by atoms with van der Waals surface area (Å²) in [7, 11) is 0. The van der Waals surface area contributed by atoms with Crippen molar-refractivity contribution < 1.29 is 9.13 Å². The Morgan fingerprint density at radius 2 is 1.91 bits per heavy atom. The van der Waals surface area contributed by atoms with E-state index in [2.05, 4.69) is 38.5 Å². The largest absolute Gasteiger partial charge is 0.367 e. The number of piperazine rings is 1. The number of rotatable bonds is 6. The fraction of sp³-hybridized carbons (Fsp3) is 0.480. The Morgan fingerprint density at radius 3 is 2.62 bits per heavy atom. The molecule has 32 heavy (non-hydrogen) atoms. The second-order valence-electron chi connectivity index (χ2n) is 8.83. The third-order valence-corrected chi connectivity index (χ3v) is 6.74. The molecule has 2 aliphatic heterocycles. The summed E-state index contributed by atoms with van der Waals surface area (Å²) in [4.78, 5) is 4.78. The maximum Gasteiger partial charge on any atom is 0.148 e. The van der Waals surface area contributed by atoms with Gasteiger partial charge in [-0.05, 0) is 49.6 Å². The van der Waals surface area contributed by atoms with Crippen molar-refractivity contribution in [3.05, 3.63) is 54.4 Å². The Kier molecular flexibility index (Phi) is 6.13. The van der Waals surface area contributed by atoms with E-state index in [0.717, 1.165) is 68.0 Å². The van der Waals surface area contributed by atoms with Crippen molar-refractivity contribution >= 4 is 11.2 Å². The number of hydrogen-bond acceptors (Lipinski definition) is 5. The summed E-state index contributed by atoms with van der Waals surface area (Å²) >= 11 is 0. The summed E-state index contributed by atoms with van der Waals surface area (Å²) in [6.07, 6.45) is 5.38. The molecule has 0 amide bonds. The highest BCUT2D eigenvalue weighted by Crippen LogP contribution is 2.35. The highest BCUT2D eigenvalue weighted by Gasteiger charge is 2.33. The zero-order valence-corrected chi connectivity index (χ0v) is 18.8. The van der Waals surface area contributed by atoms with Crippen LogP contribution in [0.1, 0.15) is 25.3 Å². The van der Waals surface area contributed by atoms with Crippen LogP contribution in [0.4, 0.5) is 10.1 Å². The lowest BCUT2D eigenvalue weighted by molar-refractivity contribution is 0.0326. The molecular formula is C25H32FN5O. The Bertz CT molecular complexity index is 1040. The Hall–Kier alpha value is -2.48. The number of anilines is 1. The highest BCUT2D eigenvalue weighted by atomic mass is 19.1. The fourth-order valence-corrected chi connectivity index (χ4v) is 4.84. The fourth-order valence-electron chi connectivity index (χ4n) is 4.84. The van der Waals surface area contributed by atoms with E-state index >= 15 is 4.39 Å². The van der Waals surface area contributed by atoms with E-state index in [0.29, 0.717) is 19.7 Å². The van der Waals surface area contributed by atoms with Gasteiger partial charge in [-0.25, -0.2) is 8.91 Å². The molecule has 0 unspecified atom stereocenters. The Balaban J connectivity index is 1.35. The van der Waals surface area contributed by atoms with Crippen molar-refractivity contribution in [2.24, 2.45) is 0 Å². The molecule has 0 saturated carbocycles. The van der Waals surface area contributed by atoms with Crippen molar-refractivity contribution in [1.29, 1.82) is 0 Å². The van der Waals surface area contributed by atoms with Gasteiger partial charge in [0.25, 0.3) is 0 Å². The molecule has 0 bridgehead atoms. The molecule has 3 aromatic rings. The van der Waals surface area contributed by atoms with Gasteiger partial charge in [-0.15, -0.1) is 0 Å². The van der Waals surface area contributed by atoms with Crippen molar-refractivity contribution in [3.63, 3.8) is 0 Å². The highest BCUT2D eigenvalue weighted by molar-refractivity contribution is 5.80. The molecule has 6 nitrogen and oxygen atoms in total. The van der Waals surface area contributed by atoms with E-state index in [1.54, 1.807) is 0 Å². The van der Waals surface area contributed by atoms with Crippen LogP contribution in [-0.4, -0.2) is 67.1 Å². The van der Waals surface area contributed by atoms with Crippen LogP contribution in [-0.2, 0) is 10.4 Å². The van der Waals surface area contributed by atoms with Crippen molar-refractivity contribution in [1.82, 2.24) is 19.8 Å². The summed E-state index contributed by atoms with van der Waals surface area (Å²) in [5.41, 5.74) is 3.99. The average Bonchev–Trinajstić information content (AvgIpc) is 3.28.